The quantitative estimate of drug-likeness (QED) is 0.595. The summed E-state index contributed by atoms with van der Waals surface area (Å²) in [6, 6.07) is -0.0928. The van der Waals surface area contributed by atoms with Gasteiger partial charge in [-0.3, -0.25) is 0 Å². The summed E-state index contributed by atoms with van der Waals surface area (Å²) in [5, 5.41) is 10.1. The molecule has 0 amide bonds. The highest BCUT2D eigenvalue weighted by molar-refractivity contribution is 5.81. The summed E-state index contributed by atoms with van der Waals surface area (Å²) in [5.74, 6) is 2.64. The second-order valence-electron chi connectivity index (χ2n) is 5.37. The number of hydrogen-bond acceptors (Lipinski definition) is 5. The van der Waals surface area contributed by atoms with E-state index in [1.165, 1.54) is 6.33 Å². The lowest BCUT2D eigenvalue weighted by molar-refractivity contribution is 0.104. The maximum Gasteiger partial charge on any atom is 0.312 e. The Morgan fingerprint density at radius 1 is 1.60 bits per heavy atom. The fourth-order valence-electron chi connectivity index (χ4n) is 2.77. The third-order valence-corrected chi connectivity index (χ3v) is 4.03. The van der Waals surface area contributed by atoms with Gasteiger partial charge < -0.3 is 15.4 Å². The van der Waals surface area contributed by atoms with Crippen molar-refractivity contribution >= 4 is 17.0 Å². The molecule has 0 aromatic carbocycles. The molecule has 0 radical (unpaired) electrons. The zero-order valence-corrected chi connectivity index (χ0v) is 10.9. The lowest BCUT2D eigenvalue weighted by Gasteiger charge is -2.20. The minimum Gasteiger partial charge on any atom is -0.391 e. The van der Waals surface area contributed by atoms with Crippen LogP contribution in [0.5, 0.6) is 0 Å². The normalized spacial score (nSPS) is 29.7. The van der Waals surface area contributed by atoms with E-state index in [1.54, 1.807) is 4.57 Å². The van der Waals surface area contributed by atoms with Crippen LogP contribution in [0.2, 0.25) is 0 Å². The number of nitrogen functional groups attached to an aromatic ring is 1. The molecule has 104 valence electrons. The highest BCUT2D eigenvalue weighted by Gasteiger charge is 2.43. The van der Waals surface area contributed by atoms with Gasteiger partial charge >= 0.3 is 6.08 Å². The number of rotatable bonds is 1. The Kier molecular flexibility index (Phi) is 2.66. The van der Waals surface area contributed by atoms with Crippen LogP contribution in [0.4, 0.5) is 10.2 Å². The summed E-state index contributed by atoms with van der Waals surface area (Å²) < 4.78 is 15.0. The largest absolute Gasteiger partial charge is 0.391 e. The topological polar surface area (TPSA) is 89.9 Å². The maximum absolute atomic E-state index is 13.3. The average molecular weight is 275 g/mol. The molecular formula is C13H14FN5O. The first kappa shape index (κ1) is 12.8. The van der Waals surface area contributed by atoms with E-state index < -0.39 is 17.6 Å². The van der Waals surface area contributed by atoms with E-state index in [2.05, 4.69) is 20.9 Å². The van der Waals surface area contributed by atoms with Crippen molar-refractivity contribution in [3.8, 4) is 12.3 Å². The molecule has 0 bridgehead atoms. The number of nitrogens with zero attached hydrogens (tertiary/aromatic N) is 4. The van der Waals surface area contributed by atoms with E-state index in [4.69, 9.17) is 12.2 Å². The van der Waals surface area contributed by atoms with E-state index in [-0.39, 0.29) is 11.9 Å². The molecule has 0 saturated heterocycles. The first-order chi connectivity index (χ1) is 9.44. The highest BCUT2D eigenvalue weighted by Crippen LogP contribution is 2.44. The van der Waals surface area contributed by atoms with Gasteiger partial charge in [0.2, 0.25) is 0 Å². The molecule has 20 heavy (non-hydrogen) atoms. The van der Waals surface area contributed by atoms with Gasteiger partial charge in [-0.1, -0.05) is 5.92 Å². The molecule has 1 fully saturated rings. The number of nitrogens with two attached hydrogens (primary N) is 1. The molecule has 3 atom stereocenters. The van der Waals surface area contributed by atoms with E-state index in [1.807, 2.05) is 6.92 Å². The Morgan fingerprint density at radius 2 is 2.35 bits per heavy atom. The first-order valence-corrected chi connectivity index (χ1v) is 6.26. The second kappa shape index (κ2) is 4.15. The third kappa shape index (κ3) is 1.72. The van der Waals surface area contributed by atoms with Crippen LogP contribution in [0, 0.1) is 23.8 Å². The summed E-state index contributed by atoms with van der Waals surface area (Å²) in [6.45, 7) is 1.83. The van der Waals surface area contributed by atoms with Crippen LogP contribution in [0.1, 0.15) is 25.8 Å². The molecule has 1 aliphatic carbocycles. The molecule has 0 aliphatic heterocycles. The molecule has 3 N–H and O–H groups in total. The molecule has 6 nitrogen and oxygen atoms in total. The van der Waals surface area contributed by atoms with Crippen molar-refractivity contribution in [2.45, 2.75) is 31.9 Å². The Morgan fingerprint density at radius 3 is 3.00 bits per heavy atom. The van der Waals surface area contributed by atoms with Gasteiger partial charge in [0.25, 0.3) is 0 Å². The predicted octanol–water partition coefficient (Wildman–Crippen LogP) is 0.883. The average Bonchev–Trinajstić information content (AvgIpc) is 2.92. The van der Waals surface area contributed by atoms with Gasteiger partial charge in [0.05, 0.1) is 17.8 Å². The first-order valence-electron chi connectivity index (χ1n) is 6.26. The van der Waals surface area contributed by atoms with Crippen LogP contribution >= 0.6 is 0 Å². The van der Waals surface area contributed by atoms with Gasteiger partial charge in [0.15, 0.2) is 11.5 Å². The number of aromatic nitrogens is 4. The second-order valence-corrected chi connectivity index (χ2v) is 5.37. The van der Waals surface area contributed by atoms with Gasteiger partial charge in [-0.05, 0) is 19.8 Å². The van der Waals surface area contributed by atoms with Crippen LogP contribution in [-0.2, 0) is 0 Å². The Bertz CT molecular complexity index is 721. The molecular weight excluding hydrogens is 261 g/mol. The van der Waals surface area contributed by atoms with Gasteiger partial charge in [-0.2, -0.15) is 14.4 Å². The molecule has 2 aromatic heterocycles. The van der Waals surface area contributed by atoms with Crippen molar-refractivity contribution in [1.82, 2.24) is 19.5 Å². The molecule has 2 aromatic rings. The summed E-state index contributed by atoms with van der Waals surface area (Å²) in [7, 11) is 0. The number of imidazole rings is 1. The fourth-order valence-corrected chi connectivity index (χ4v) is 2.77. The maximum atomic E-state index is 13.3. The van der Waals surface area contributed by atoms with Crippen LogP contribution in [0.3, 0.4) is 0 Å². The summed E-state index contributed by atoms with van der Waals surface area (Å²) >= 11 is 0. The molecule has 1 saturated carbocycles. The van der Waals surface area contributed by atoms with Crippen molar-refractivity contribution in [3.63, 3.8) is 0 Å². The Balaban J connectivity index is 2.07. The lowest BCUT2D eigenvalue weighted by Crippen LogP contribution is -2.23. The third-order valence-electron chi connectivity index (χ3n) is 4.03. The van der Waals surface area contributed by atoms with Gasteiger partial charge in [0.1, 0.15) is 5.52 Å². The zero-order valence-electron chi connectivity index (χ0n) is 10.9. The lowest BCUT2D eigenvalue weighted by atomic mass is 9.88. The summed E-state index contributed by atoms with van der Waals surface area (Å²) in [5.41, 5.74) is 5.71. The predicted molar refractivity (Wildman–Crippen MR) is 70.9 cm³/mol. The molecule has 3 rings (SSSR count). The van der Waals surface area contributed by atoms with Crippen molar-refractivity contribution < 1.29 is 9.50 Å². The number of hydrogen-bond donors (Lipinski definition) is 2. The Hall–Kier alpha value is -2.20. The molecule has 1 aliphatic rings. The number of terminal acetylenes is 1. The number of aliphatic hydroxyl groups is 1. The van der Waals surface area contributed by atoms with Crippen LogP contribution in [0.25, 0.3) is 11.2 Å². The van der Waals surface area contributed by atoms with Crippen molar-refractivity contribution in [3.05, 3.63) is 12.4 Å². The number of fused-ring (bicyclic) bond motifs is 1. The number of halogens is 1. The minimum atomic E-state index is -0.894. The van der Waals surface area contributed by atoms with Gasteiger partial charge in [0, 0.05) is 6.04 Å². The molecule has 2 heterocycles. The summed E-state index contributed by atoms with van der Waals surface area (Å²) in [6.07, 6.45) is 6.57. The monoisotopic (exact) mass is 275 g/mol. The highest BCUT2D eigenvalue weighted by atomic mass is 19.1. The van der Waals surface area contributed by atoms with Crippen LogP contribution in [0.15, 0.2) is 6.33 Å². The van der Waals surface area contributed by atoms with Gasteiger partial charge in [-0.25, -0.2) is 4.98 Å². The molecule has 0 spiro atoms. The Labute approximate surface area is 114 Å². The van der Waals surface area contributed by atoms with E-state index in [9.17, 15) is 9.50 Å². The van der Waals surface area contributed by atoms with Crippen molar-refractivity contribution in [2.75, 3.05) is 5.73 Å². The van der Waals surface area contributed by atoms with E-state index in [0.29, 0.717) is 24.0 Å². The molecule has 0 unspecified atom stereocenters. The van der Waals surface area contributed by atoms with Gasteiger partial charge in [-0.15, -0.1) is 6.42 Å². The summed E-state index contributed by atoms with van der Waals surface area (Å²) in [4.78, 5) is 11.3. The van der Waals surface area contributed by atoms with Crippen molar-refractivity contribution in [1.29, 1.82) is 0 Å². The standard InChI is InChI=1S/C13H14FN5O/c1-3-13(2)5-7(4-8(13)20)19-6-16-9-10(15)17-12(14)18-11(9)19/h1,6-8,20H,4-5H2,2H3,(H2,15,17,18)/t7-,8-,13+/m0/s1. The molecule has 7 heteroatoms. The zero-order chi connectivity index (χ0) is 14.5. The van der Waals surface area contributed by atoms with Crippen molar-refractivity contribution in [2.24, 2.45) is 5.41 Å². The SMILES string of the molecule is C#C[C@]1(C)C[C@@H](n2cnc3c(N)nc(F)nc32)C[C@@H]1O. The number of aliphatic hydroxyl groups excluding tert-OH is 1. The number of anilines is 1. The minimum absolute atomic E-state index is 0.00417. The van der Waals surface area contributed by atoms with Crippen LogP contribution in [-0.4, -0.2) is 30.7 Å². The van der Waals surface area contributed by atoms with Crippen LogP contribution < -0.4 is 5.73 Å². The van der Waals surface area contributed by atoms with E-state index >= 15 is 0 Å². The smallest absolute Gasteiger partial charge is 0.312 e. The fraction of sp³-hybridized carbons (Fsp3) is 0.462. The van der Waals surface area contributed by atoms with E-state index in [0.717, 1.165) is 0 Å².